The van der Waals surface area contributed by atoms with Crippen molar-refractivity contribution in [3.8, 4) is 0 Å². The third kappa shape index (κ3) is 52.1. The van der Waals surface area contributed by atoms with Gasteiger partial charge in [0.25, 0.3) is 0 Å². The molecule has 66 heavy (non-hydrogen) atoms. The highest BCUT2D eigenvalue weighted by molar-refractivity contribution is 5.70. The van der Waals surface area contributed by atoms with E-state index in [1.807, 2.05) is 12.2 Å². The monoisotopic (exact) mass is 907 g/mol. The van der Waals surface area contributed by atoms with Gasteiger partial charge in [-0.05, 0) is 116 Å². The lowest BCUT2D eigenvalue weighted by Crippen LogP contribution is -2.30. The van der Waals surface area contributed by atoms with Crippen molar-refractivity contribution in [1.82, 2.24) is 0 Å². The van der Waals surface area contributed by atoms with E-state index in [1.54, 1.807) is 0 Å². The molecule has 1 atom stereocenters. The van der Waals surface area contributed by atoms with Crippen LogP contribution in [0.3, 0.4) is 0 Å². The molecule has 0 aromatic rings. The van der Waals surface area contributed by atoms with Crippen molar-refractivity contribution in [2.24, 2.45) is 0 Å². The average Bonchev–Trinajstić information content (AvgIpc) is 3.32. The number of hydrogen-bond donors (Lipinski definition) is 0. The van der Waals surface area contributed by atoms with Gasteiger partial charge >= 0.3 is 11.9 Å². The summed E-state index contributed by atoms with van der Waals surface area (Å²) < 4.78 is 17.3. The maximum Gasteiger partial charge on any atom is 0.306 e. The van der Waals surface area contributed by atoms with Crippen LogP contribution in [0.5, 0.6) is 0 Å². The van der Waals surface area contributed by atoms with Gasteiger partial charge in [0.1, 0.15) is 6.61 Å². The smallest absolute Gasteiger partial charge is 0.306 e. The van der Waals surface area contributed by atoms with Gasteiger partial charge in [-0.15, -0.1) is 0 Å². The molecule has 368 valence electrons. The Balaban J connectivity index is 4.50. The SMILES string of the molecule is CC/C=C\C/C=C\C/C=C\C/C=C\C/C=C\C/C=C\CCC(=O)OCC(COCCCCCCCCCC/C=C\C/C=C\C/C=C\CC)OC(=O)CC/C=C\C/C=C\C/C=C\C/C=C\CC. The van der Waals surface area contributed by atoms with Crippen molar-refractivity contribution in [3.05, 3.63) is 158 Å². The summed E-state index contributed by atoms with van der Waals surface area (Å²) in [6.45, 7) is 7.28. The molecule has 0 aromatic heterocycles. The molecule has 0 fully saturated rings. The normalized spacial score (nSPS) is 13.6. The summed E-state index contributed by atoms with van der Waals surface area (Å²) >= 11 is 0. The minimum absolute atomic E-state index is 0.00206. The lowest BCUT2D eigenvalue weighted by atomic mass is 10.1. The summed E-state index contributed by atoms with van der Waals surface area (Å²) in [6.07, 6.45) is 81.4. The molecule has 1 unspecified atom stereocenters. The fourth-order valence-corrected chi connectivity index (χ4v) is 6.33. The van der Waals surface area contributed by atoms with E-state index in [2.05, 4.69) is 167 Å². The van der Waals surface area contributed by atoms with Gasteiger partial charge < -0.3 is 14.2 Å². The van der Waals surface area contributed by atoms with Crippen LogP contribution >= 0.6 is 0 Å². The minimum Gasteiger partial charge on any atom is -0.462 e. The van der Waals surface area contributed by atoms with Crippen LogP contribution < -0.4 is 0 Å². The number of esters is 2. The average molecular weight is 907 g/mol. The zero-order valence-electron chi connectivity index (χ0n) is 42.1. The Bertz CT molecular complexity index is 1490. The molecule has 0 bridgehead atoms. The first kappa shape index (κ1) is 61.5. The summed E-state index contributed by atoms with van der Waals surface area (Å²) in [4.78, 5) is 25.3. The molecule has 5 heteroatoms. The van der Waals surface area contributed by atoms with Crippen LogP contribution in [-0.2, 0) is 23.8 Å². The Morgan fingerprint density at radius 2 is 0.636 bits per heavy atom. The molecule has 0 amide bonds. The van der Waals surface area contributed by atoms with Crippen LogP contribution in [0.15, 0.2) is 158 Å². The number of hydrogen-bond acceptors (Lipinski definition) is 5. The van der Waals surface area contributed by atoms with Crippen LogP contribution in [0.4, 0.5) is 0 Å². The first-order valence-electron chi connectivity index (χ1n) is 26.0. The lowest BCUT2D eigenvalue weighted by Gasteiger charge is -2.18. The van der Waals surface area contributed by atoms with E-state index >= 15 is 0 Å². The molecule has 0 saturated heterocycles. The summed E-state index contributed by atoms with van der Waals surface area (Å²) in [5.74, 6) is -0.606. The summed E-state index contributed by atoms with van der Waals surface area (Å²) in [7, 11) is 0. The summed E-state index contributed by atoms with van der Waals surface area (Å²) in [6, 6.07) is 0. The Morgan fingerprint density at radius 1 is 0.333 bits per heavy atom. The number of allylic oxidation sites excluding steroid dienone is 26. The fraction of sp³-hybridized carbons (Fsp3) is 0.541. The van der Waals surface area contributed by atoms with Crippen molar-refractivity contribution >= 4 is 11.9 Å². The van der Waals surface area contributed by atoms with Crippen molar-refractivity contribution in [2.45, 2.75) is 194 Å². The van der Waals surface area contributed by atoms with Gasteiger partial charge in [-0.3, -0.25) is 9.59 Å². The number of carbonyl (C=O) groups is 2. The van der Waals surface area contributed by atoms with Crippen LogP contribution in [0, 0.1) is 0 Å². The van der Waals surface area contributed by atoms with E-state index in [9.17, 15) is 9.59 Å². The van der Waals surface area contributed by atoms with Gasteiger partial charge in [0.15, 0.2) is 6.10 Å². The Labute approximate surface area is 405 Å². The first-order chi connectivity index (χ1) is 32.6. The predicted octanol–water partition coefficient (Wildman–Crippen LogP) is 17.9. The van der Waals surface area contributed by atoms with Gasteiger partial charge in [-0.25, -0.2) is 0 Å². The Kier molecular flexibility index (Phi) is 51.1. The molecule has 0 saturated carbocycles. The molecule has 0 radical (unpaired) electrons. The Morgan fingerprint density at radius 3 is 1.02 bits per heavy atom. The van der Waals surface area contributed by atoms with Crippen LogP contribution in [-0.4, -0.2) is 37.9 Å². The van der Waals surface area contributed by atoms with E-state index in [0.29, 0.717) is 19.4 Å². The molecule has 0 heterocycles. The lowest BCUT2D eigenvalue weighted by molar-refractivity contribution is -0.162. The largest absolute Gasteiger partial charge is 0.462 e. The molecule has 5 nitrogen and oxygen atoms in total. The third-order valence-electron chi connectivity index (χ3n) is 10.1. The second kappa shape index (κ2) is 54.9. The number of carbonyl (C=O) groups excluding carboxylic acids is 2. The van der Waals surface area contributed by atoms with E-state index in [4.69, 9.17) is 14.2 Å². The van der Waals surface area contributed by atoms with Gasteiger partial charge in [-0.1, -0.05) is 217 Å². The van der Waals surface area contributed by atoms with Crippen molar-refractivity contribution < 1.29 is 23.8 Å². The first-order valence-corrected chi connectivity index (χ1v) is 26.0. The zero-order chi connectivity index (χ0) is 47.7. The summed E-state index contributed by atoms with van der Waals surface area (Å²) in [5, 5.41) is 0. The van der Waals surface area contributed by atoms with E-state index in [-0.39, 0.29) is 38.0 Å². The molecule has 0 aliphatic heterocycles. The molecular formula is C61H94O5. The molecule has 0 aliphatic rings. The topological polar surface area (TPSA) is 61.8 Å². The highest BCUT2D eigenvalue weighted by Crippen LogP contribution is 2.11. The quantitative estimate of drug-likeness (QED) is 0.0346. The fourth-order valence-electron chi connectivity index (χ4n) is 6.33. The minimum atomic E-state index is -0.621. The Hall–Kier alpha value is -4.48. The van der Waals surface area contributed by atoms with Crippen LogP contribution in [0.1, 0.15) is 188 Å². The molecule has 0 aromatic carbocycles. The number of ether oxygens (including phenoxy) is 3. The number of unbranched alkanes of at least 4 members (excludes halogenated alkanes) is 8. The second-order valence-corrected chi connectivity index (χ2v) is 16.3. The molecule has 0 N–H and O–H groups in total. The molecule has 0 aliphatic carbocycles. The van der Waals surface area contributed by atoms with Crippen molar-refractivity contribution in [1.29, 1.82) is 0 Å². The number of rotatable bonds is 45. The van der Waals surface area contributed by atoms with Crippen LogP contribution in [0.25, 0.3) is 0 Å². The molecule has 0 spiro atoms. The zero-order valence-corrected chi connectivity index (χ0v) is 42.1. The van der Waals surface area contributed by atoms with Gasteiger partial charge in [-0.2, -0.15) is 0 Å². The highest BCUT2D eigenvalue weighted by Gasteiger charge is 2.17. The maximum atomic E-state index is 12.8. The standard InChI is InChI=1S/C61H94O5/c1-4-7-10-13-16-19-22-25-27-29-31-32-34-37-39-42-45-48-51-54-60(62)65-58-59(66-61(63)55-52-49-46-43-40-36-24-21-18-15-12-9-6-3)57-64-56-53-50-47-44-41-38-35-33-30-28-26-23-20-17-14-11-8-5-2/h7-12,16-21,25-28,31-32,36-37,39-40,45-46,48-49,59H,4-6,13-15,22-24,29-30,33-35,38,41-44,47,50-58H2,1-3H3/b10-7-,11-8-,12-9-,19-16-,20-17-,21-18-,27-25-,28-26-,32-31-,39-37-,40-36-,48-45-,49-46-. The van der Waals surface area contributed by atoms with Crippen molar-refractivity contribution in [3.63, 3.8) is 0 Å². The third-order valence-corrected chi connectivity index (χ3v) is 10.1. The van der Waals surface area contributed by atoms with Gasteiger partial charge in [0.2, 0.25) is 0 Å². The van der Waals surface area contributed by atoms with Gasteiger partial charge in [0.05, 0.1) is 6.61 Å². The van der Waals surface area contributed by atoms with Crippen LogP contribution in [0.2, 0.25) is 0 Å². The van der Waals surface area contributed by atoms with Crippen molar-refractivity contribution in [2.75, 3.05) is 19.8 Å². The van der Waals surface area contributed by atoms with E-state index in [1.165, 1.54) is 44.9 Å². The summed E-state index contributed by atoms with van der Waals surface area (Å²) in [5.41, 5.74) is 0. The highest BCUT2D eigenvalue weighted by atomic mass is 16.6. The van der Waals surface area contributed by atoms with Gasteiger partial charge in [0, 0.05) is 19.4 Å². The van der Waals surface area contributed by atoms with E-state index in [0.717, 1.165) is 96.3 Å². The molecular weight excluding hydrogens is 813 g/mol. The second-order valence-electron chi connectivity index (χ2n) is 16.3. The molecule has 0 rings (SSSR count). The predicted molar refractivity (Wildman–Crippen MR) is 288 cm³/mol. The van der Waals surface area contributed by atoms with E-state index < -0.39 is 6.10 Å². The maximum absolute atomic E-state index is 12.8.